The molecular formula is C18H23ClN2O4S. The predicted molar refractivity (Wildman–Crippen MR) is 98.1 cm³/mol. The standard InChI is InChI=1S/C18H23ClN2O4S/c1-18(11-12-21(18)16(22)13-5-3-2-4-6-13)17(23)20-26(24,25)15-9-7-14(19)8-10-15/h7-10,13H,2-6,11-12H2,1H3,(H,20,23). The van der Waals surface area contributed by atoms with Crippen LogP contribution in [0.1, 0.15) is 45.4 Å². The van der Waals surface area contributed by atoms with Gasteiger partial charge in [0.05, 0.1) is 4.90 Å². The molecule has 2 amide bonds. The Morgan fingerprint density at radius 3 is 2.31 bits per heavy atom. The second kappa shape index (κ2) is 7.19. The molecule has 6 nitrogen and oxygen atoms in total. The van der Waals surface area contributed by atoms with Crippen molar-refractivity contribution in [3.8, 4) is 0 Å². The van der Waals surface area contributed by atoms with Crippen LogP contribution in [0.3, 0.4) is 0 Å². The Balaban J connectivity index is 1.72. The lowest BCUT2D eigenvalue weighted by molar-refractivity contribution is -0.160. The topological polar surface area (TPSA) is 83.6 Å². The molecule has 2 fully saturated rings. The zero-order valence-corrected chi connectivity index (χ0v) is 16.3. The highest BCUT2D eigenvalue weighted by atomic mass is 35.5. The van der Waals surface area contributed by atoms with Crippen LogP contribution in [-0.2, 0) is 19.6 Å². The number of hydrogen-bond acceptors (Lipinski definition) is 4. The van der Waals surface area contributed by atoms with E-state index in [1.165, 1.54) is 29.2 Å². The van der Waals surface area contributed by atoms with Crippen molar-refractivity contribution in [1.29, 1.82) is 0 Å². The summed E-state index contributed by atoms with van der Waals surface area (Å²) in [5, 5.41) is 0.408. The van der Waals surface area contributed by atoms with Crippen LogP contribution < -0.4 is 4.72 Å². The molecular weight excluding hydrogens is 376 g/mol. The number of likely N-dealkylation sites (tertiary alicyclic amines) is 1. The fourth-order valence-electron chi connectivity index (χ4n) is 3.62. The second-order valence-corrected chi connectivity index (χ2v) is 9.36. The van der Waals surface area contributed by atoms with Gasteiger partial charge in [0.1, 0.15) is 5.54 Å². The number of amides is 2. The summed E-state index contributed by atoms with van der Waals surface area (Å²) in [5.41, 5.74) is -1.12. The lowest BCUT2D eigenvalue weighted by Crippen LogP contribution is -2.68. The first-order valence-corrected chi connectivity index (χ1v) is 10.7. The number of carbonyl (C=O) groups excluding carboxylic acids is 2. The van der Waals surface area contributed by atoms with Gasteiger partial charge in [0.25, 0.3) is 15.9 Å². The van der Waals surface area contributed by atoms with E-state index < -0.39 is 21.5 Å². The minimum absolute atomic E-state index is 0.0301. The van der Waals surface area contributed by atoms with Crippen molar-refractivity contribution < 1.29 is 18.0 Å². The van der Waals surface area contributed by atoms with Crippen LogP contribution in [0.15, 0.2) is 29.2 Å². The summed E-state index contributed by atoms with van der Waals surface area (Å²) in [6.07, 6.45) is 5.33. The predicted octanol–water partition coefficient (Wildman–Crippen LogP) is 2.72. The Hall–Kier alpha value is -1.60. The van der Waals surface area contributed by atoms with Gasteiger partial charge in [-0.1, -0.05) is 30.9 Å². The molecule has 1 atom stereocenters. The maximum absolute atomic E-state index is 12.8. The summed E-state index contributed by atoms with van der Waals surface area (Å²) in [5.74, 6) is -0.746. The number of nitrogens with zero attached hydrogens (tertiary/aromatic N) is 1. The van der Waals surface area contributed by atoms with E-state index in [1.807, 2.05) is 0 Å². The van der Waals surface area contributed by atoms with Crippen molar-refractivity contribution in [3.05, 3.63) is 29.3 Å². The van der Waals surface area contributed by atoms with Crippen LogP contribution in [0.2, 0.25) is 5.02 Å². The summed E-state index contributed by atoms with van der Waals surface area (Å²) in [6, 6.07) is 5.58. The molecule has 0 bridgehead atoms. The molecule has 8 heteroatoms. The van der Waals surface area contributed by atoms with Gasteiger partial charge in [-0.2, -0.15) is 0 Å². The van der Waals surface area contributed by atoms with Crippen molar-refractivity contribution >= 4 is 33.4 Å². The van der Waals surface area contributed by atoms with E-state index in [-0.39, 0.29) is 16.7 Å². The molecule has 1 aromatic carbocycles. The average Bonchev–Trinajstić information content (AvgIpc) is 2.60. The summed E-state index contributed by atoms with van der Waals surface area (Å²) < 4.78 is 27.0. The highest BCUT2D eigenvalue weighted by Gasteiger charge is 2.51. The minimum atomic E-state index is -4.01. The Kier molecular flexibility index (Phi) is 5.30. The molecule has 0 radical (unpaired) electrons. The van der Waals surface area contributed by atoms with Gasteiger partial charge in [-0.3, -0.25) is 9.59 Å². The van der Waals surface area contributed by atoms with Crippen molar-refractivity contribution in [2.75, 3.05) is 6.54 Å². The third-order valence-electron chi connectivity index (χ3n) is 5.48. The van der Waals surface area contributed by atoms with Gasteiger partial charge in [-0.15, -0.1) is 0 Å². The summed E-state index contributed by atoms with van der Waals surface area (Å²) in [7, 11) is -4.01. The smallest absolute Gasteiger partial charge is 0.264 e. The van der Waals surface area contributed by atoms with Crippen LogP contribution in [0, 0.1) is 5.92 Å². The summed E-state index contributed by atoms with van der Waals surface area (Å²) >= 11 is 5.77. The average molecular weight is 399 g/mol. The van der Waals surface area contributed by atoms with Crippen LogP contribution in [-0.4, -0.2) is 37.2 Å². The van der Waals surface area contributed by atoms with Gasteiger partial charge >= 0.3 is 0 Å². The van der Waals surface area contributed by atoms with E-state index in [0.717, 1.165) is 32.1 Å². The molecule has 1 unspecified atom stereocenters. The van der Waals surface area contributed by atoms with E-state index in [1.54, 1.807) is 6.92 Å². The molecule has 2 aliphatic rings. The zero-order chi connectivity index (χ0) is 18.9. The monoisotopic (exact) mass is 398 g/mol. The number of rotatable bonds is 4. The first-order chi connectivity index (χ1) is 12.2. The van der Waals surface area contributed by atoms with E-state index in [9.17, 15) is 18.0 Å². The Morgan fingerprint density at radius 2 is 1.77 bits per heavy atom. The van der Waals surface area contributed by atoms with Crippen molar-refractivity contribution in [3.63, 3.8) is 0 Å². The fraction of sp³-hybridized carbons (Fsp3) is 0.556. The quantitative estimate of drug-likeness (QED) is 0.845. The molecule has 1 saturated heterocycles. The minimum Gasteiger partial charge on any atom is -0.328 e. The Labute approximate surface area is 158 Å². The summed E-state index contributed by atoms with van der Waals surface area (Å²) in [4.78, 5) is 26.9. The number of nitrogens with one attached hydrogen (secondary N) is 1. The van der Waals surface area contributed by atoms with E-state index in [2.05, 4.69) is 4.72 Å². The molecule has 1 saturated carbocycles. The first kappa shape index (κ1) is 19.2. The molecule has 1 aromatic rings. The maximum atomic E-state index is 12.8. The molecule has 1 N–H and O–H groups in total. The number of hydrogen-bond donors (Lipinski definition) is 1. The van der Waals surface area contributed by atoms with Gasteiger partial charge in [0, 0.05) is 17.5 Å². The molecule has 1 heterocycles. The lowest BCUT2D eigenvalue weighted by atomic mass is 9.81. The first-order valence-electron chi connectivity index (χ1n) is 8.88. The van der Waals surface area contributed by atoms with Crippen molar-refractivity contribution in [1.82, 2.24) is 9.62 Å². The second-order valence-electron chi connectivity index (χ2n) is 7.24. The van der Waals surface area contributed by atoms with E-state index in [0.29, 0.717) is 18.0 Å². The van der Waals surface area contributed by atoms with Crippen molar-refractivity contribution in [2.24, 2.45) is 5.92 Å². The van der Waals surface area contributed by atoms with Crippen LogP contribution in [0.25, 0.3) is 0 Å². The van der Waals surface area contributed by atoms with Crippen LogP contribution in [0.4, 0.5) is 0 Å². The number of halogens is 1. The van der Waals surface area contributed by atoms with Crippen LogP contribution in [0.5, 0.6) is 0 Å². The van der Waals surface area contributed by atoms with Gasteiger partial charge < -0.3 is 4.90 Å². The van der Waals surface area contributed by atoms with E-state index >= 15 is 0 Å². The number of sulfonamides is 1. The lowest BCUT2D eigenvalue weighted by Gasteiger charge is -2.50. The van der Waals surface area contributed by atoms with E-state index in [4.69, 9.17) is 11.6 Å². The Morgan fingerprint density at radius 1 is 1.15 bits per heavy atom. The van der Waals surface area contributed by atoms with Gasteiger partial charge in [-0.05, 0) is 50.5 Å². The van der Waals surface area contributed by atoms with Gasteiger partial charge in [0.15, 0.2) is 0 Å². The third-order valence-corrected chi connectivity index (χ3v) is 7.08. The van der Waals surface area contributed by atoms with Gasteiger partial charge in [-0.25, -0.2) is 13.1 Å². The number of carbonyl (C=O) groups is 2. The Bertz CT molecular complexity index is 803. The van der Waals surface area contributed by atoms with Crippen molar-refractivity contribution in [2.45, 2.75) is 55.9 Å². The van der Waals surface area contributed by atoms with Gasteiger partial charge in [0.2, 0.25) is 5.91 Å². The molecule has 1 aliphatic heterocycles. The molecule has 1 aliphatic carbocycles. The zero-order valence-electron chi connectivity index (χ0n) is 14.7. The SMILES string of the molecule is CC1(C(=O)NS(=O)(=O)c2ccc(Cl)cc2)CCN1C(=O)C1CCCCC1. The maximum Gasteiger partial charge on any atom is 0.264 e. The molecule has 0 spiro atoms. The highest BCUT2D eigenvalue weighted by Crippen LogP contribution is 2.35. The third kappa shape index (κ3) is 3.60. The largest absolute Gasteiger partial charge is 0.328 e. The normalized spacial score (nSPS) is 24.0. The molecule has 142 valence electrons. The molecule has 0 aromatic heterocycles. The molecule has 26 heavy (non-hydrogen) atoms. The molecule has 3 rings (SSSR count). The fourth-order valence-corrected chi connectivity index (χ4v) is 4.83. The number of benzene rings is 1. The summed E-state index contributed by atoms with van der Waals surface area (Å²) in [6.45, 7) is 2.12. The highest BCUT2D eigenvalue weighted by molar-refractivity contribution is 7.90. The van der Waals surface area contributed by atoms with Crippen LogP contribution >= 0.6 is 11.6 Å².